The van der Waals surface area contributed by atoms with E-state index in [4.69, 9.17) is 15.7 Å². The predicted molar refractivity (Wildman–Crippen MR) is 76.3 cm³/mol. The lowest BCUT2D eigenvalue weighted by molar-refractivity contribution is 0.124. The molecule has 0 amide bonds. The van der Waals surface area contributed by atoms with Gasteiger partial charge in [-0.15, -0.1) is 0 Å². The Morgan fingerprint density at radius 2 is 2.20 bits per heavy atom. The third-order valence-electron chi connectivity index (χ3n) is 3.15. The van der Waals surface area contributed by atoms with Crippen molar-refractivity contribution in [2.45, 2.75) is 26.4 Å². The monoisotopic (exact) mass is 283 g/mol. The van der Waals surface area contributed by atoms with Gasteiger partial charge in [0.25, 0.3) is 0 Å². The van der Waals surface area contributed by atoms with E-state index in [0.717, 1.165) is 0 Å². The maximum Gasteiger partial charge on any atom is 0.173 e. The molecule has 0 aliphatic carbocycles. The summed E-state index contributed by atoms with van der Waals surface area (Å²) in [6.07, 6.45) is 0. The first-order valence-corrected chi connectivity index (χ1v) is 6.49. The van der Waals surface area contributed by atoms with Gasteiger partial charge >= 0.3 is 0 Å². The van der Waals surface area contributed by atoms with E-state index in [1.807, 2.05) is 13.8 Å². The van der Waals surface area contributed by atoms with Crippen LogP contribution in [0.1, 0.15) is 25.0 Å². The van der Waals surface area contributed by atoms with Crippen LogP contribution >= 0.6 is 0 Å². The first-order valence-electron chi connectivity index (χ1n) is 6.49. The molecule has 0 unspecified atom stereocenters. The van der Waals surface area contributed by atoms with E-state index < -0.39 is 5.82 Å². The number of hydrogen-bond acceptors (Lipinski definition) is 4. The normalized spacial score (nSPS) is 12.4. The molecule has 1 aromatic carbocycles. The summed E-state index contributed by atoms with van der Waals surface area (Å²) in [6, 6.07) is 5.15. The van der Waals surface area contributed by atoms with Gasteiger partial charge in [0.05, 0.1) is 12.2 Å². The van der Waals surface area contributed by atoms with Crippen molar-refractivity contribution in [3.05, 3.63) is 35.1 Å². The van der Waals surface area contributed by atoms with E-state index >= 15 is 0 Å². The van der Waals surface area contributed by atoms with E-state index in [1.165, 1.54) is 6.07 Å². The molecular weight excluding hydrogens is 261 g/mol. The third-order valence-corrected chi connectivity index (χ3v) is 3.15. The predicted octanol–water partition coefficient (Wildman–Crippen LogP) is 1.78. The van der Waals surface area contributed by atoms with Crippen LogP contribution in [0.25, 0.3) is 0 Å². The SMILES string of the molecule is COCCN(Cc1cccc(/C(N)=N/O)c1F)C(C)C. The smallest absolute Gasteiger partial charge is 0.173 e. The number of nitrogens with two attached hydrogens (primary N) is 1. The van der Waals surface area contributed by atoms with E-state index in [1.54, 1.807) is 19.2 Å². The molecule has 1 aromatic rings. The van der Waals surface area contributed by atoms with Crippen molar-refractivity contribution in [2.24, 2.45) is 10.9 Å². The minimum absolute atomic E-state index is 0.112. The number of nitrogens with zero attached hydrogens (tertiary/aromatic N) is 2. The van der Waals surface area contributed by atoms with E-state index in [9.17, 15) is 4.39 Å². The lowest BCUT2D eigenvalue weighted by atomic mass is 10.1. The second-order valence-corrected chi connectivity index (χ2v) is 4.82. The van der Waals surface area contributed by atoms with E-state index in [0.29, 0.717) is 25.3 Å². The van der Waals surface area contributed by atoms with Gasteiger partial charge in [0.2, 0.25) is 0 Å². The van der Waals surface area contributed by atoms with Crippen molar-refractivity contribution in [3.63, 3.8) is 0 Å². The largest absolute Gasteiger partial charge is 0.409 e. The van der Waals surface area contributed by atoms with Crippen LogP contribution in [0.4, 0.5) is 4.39 Å². The fourth-order valence-corrected chi connectivity index (χ4v) is 1.90. The Morgan fingerprint density at radius 3 is 2.75 bits per heavy atom. The Hall–Kier alpha value is -1.66. The van der Waals surface area contributed by atoms with Gasteiger partial charge < -0.3 is 15.7 Å². The van der Waals surface area contributed by atoms with Crippen molar-refractivity contribution in [1.29, 1.82) is 0 Å². The molecule has 0 atom stereocenters. The molecule has 0 aliphatic rings. The molecule has 6 heteroatoms. The summed E-state index contributed by atoms with van der Waals surface area (Å²) in [5.41, 5.74) is 6.09. The number of halogens is 1. The lowest BCUT2D eigenvalue weighted by Crippen LogP contribution is -2.33. The minimum atomic E-state index is -0.453. The molecule has 0 heterocycles. The molecule has 0 saturated heterocycles. The maximum absolute atomic E-state index is 14.3. The average Bonchev–Trinajstić information content (AvgIpc) is 2.43. The second-order valence-electron chi connectivity index (χ2n) is 4.82. The number of ether oxygens (including phenoxy) is 1. The highest BCUT2D eigenvalue weighted by molar-refractivity contribution is 5.97. The molecule has 112 valence electrons. The van der Waals surface area contributed by atoms with Gasteiger partial charge in [-0.1, -0.05) is 17.3 Å². The number of amidine groups is 1. The third kappa shape index (κ3) is 4.18. The van der Waals surface area contributed by atoms with Gasteiger partial charge in [0, 0.05) is 31.8 Å². The summed E-state index contributed by atoms with van der Waals surface area (Å²) < 4.78 is 19.4. The number of benzene rings is 1. The molecule has 0 radical (unpaired) electrons. The van der Waals surface area contributed by atoms with Crippen LogP contribution in [0, 0.1) is 5.82 Å². The number of methoxy groups -OCH3 is 1. The fourth-order valence-electron chi connectivity index (χ4n) is 1.90. The topological polar surface area (TPSA) is 71.1 Å². The van der Waals surface area contributed by atoms with Crippen molar-refractivity contribution >= 4 is 5.84 Å². The average molecular weight is 283 g/mol. The van der Waals surface area contributed by atoms with Crippen LogP contribution < -0.4 is 5.73 Å². The molecule has 0 saturated carbocycles. The van der Waals surface area contributed by atoms with Crippen LogP contribution in [-0.4, -0.2) is 42.2 Å². The molecule has 0 bridgehead atoms. The van der Waals surface area contributed by atoms with Crippen LogP contribution in [0.2, 0.25) is 0 Å². The molecule has 0 fully saturated rings. The standard InChI is InChI=1S/C14H22FN3O2/c1-10(2)18(7-8-20-3)9-11-5-4-6-12(13(11)15)14(16)17-19/h4-6,10,19H,7-9H2,1-3H3,(H2,16,17). The van der Waals surface area contributed by atoms with Crippen LogP contribution in [-0.2, 0) is 11.3 Å². The number of hydrogen-bond donors (Lipinski definition) is 2. The Labute approximate surface area is 118 Å². The zero-order valence-electron chi connectivity index (χ0n) is 12.1. The summed E-state index contributed by atoms with van der Waals surface area (Å²) in [7, 11) is 1.64. The highest BCUT2D eigenvalue weighted by Gasteiger charge is 2.16. The summed E-state index contributed by atoms with van der Waals surface area (Å²) in [4.78, 5) is 2.10. The number of oxime groups is 1. The molecule has 1 rings (SSSR count). The Kier molecular flexibility index (Phi) is 6.41. The van der Waals surface area contributed by atoms with E-state index in [-0.39, 0.29) is 17.4 Å². The second kappa shape index (κ2) is 7.81. The first-order chi connectivity index (χ1) is 9.51. The number of rotatable bonds is 7. The van der Waals surface area contributed by atoms with E-state index in [2.05, 4.69) is 10.1 Å². The molecule has 5 nitrogen and oxygen atoms in total. The molecule has 0 aliphatic heterocycles. The lowest BCUT2D eigenvalue weighted by Gasteiger charge is -2.26. The van der Waals surface area contributed by atoms with Gasteiger partial charge in [0.15, 0.2) is 5.84 Å². The van der Waals surface area contributed by atoms with Crippen molar-refractivity contribution in [3.8, 4) is 0 Å². The molecule has 0 spiro atoms. The summed E-state index contributed by atoms with van der Waals surface area (Å²) >= 11 is 0. The van der Waals surface area contributed by atoms with Crippen LogP contribution in [0.5, 0.6) is 0 Å². The fraction of sp³-hybridized carbons (Fsp3) is 0.500. The first kappa shape index (κ1) is 16.4. The van der Waals surface area contributed by atoms with Crippen molar-refractivity contribution < 1.29 is 14.3 Å². The van der Waals surface area contributed by atoms with Gasteiger partial charge in [-0.2, -0.15) is 0 Å². The van der Waals surface area contributed by atoms with Crippen molar-refractivity contribution in [1.82, 2.24) is 4.90 Å². The van der Waals surface area contributed by atoms with Crippen LogP contribution in [0.3, 0.4) is 0 Å². The van der Waals surface area contributed by atoms with Gasteiger partial charge in [0.1, 0.15) is 5.82 Å². The highest BCUT2D eigenvalue weighted by atomic mass is 19.1. The quantitative estimate of drug-likeness (QED) is 0.346. The van der Waals surface area contributed by atoms with Gasteiger partial charge in [-0.3, -0.25) is 4.90 Å². The maximum atomic E-state index is 14.3. The molecule has 3 N–H and O–H groups in total. The van der Waals surface area contributed by atoms with Crippen molar-refractivity contribution in [2.75, 3.05) is 20.3 Å². The summed E-state index contributed by atoms with van der Waals surface area (Å²) in [5, 5.41) is 11.5. The van der Waals surface area contributed by atoms with Crippen LogP contribution in [0.15, 0.2) is 23.4 Å². The molecule has 20 heavy (non-hydrogen) atoms. The molecule has 0 aromatic heterocycles. The Bertz CT molecular complexity index is 464. The zero-order chi connectivity index (χ0) is 15.1. The Balaban J connectivity index is 2.96. The minimum Gasteiger partial charge on any atom is -0.409 e. The summed E-state index contributed by atoms with van der Waals surface area (Å²) in [5.74, 6) is -0.678. The Morgan fingerprint density at radius 1 is 1.50 bits per heavy atom. The zero-order valence-corrected chi connectivity index (χ0v) is 12.1. The summed E-state index contributed by atoms with van der Waals surface area (Å²) in [6.45, 7) is 5.82. The van der Waals surface area contributed by atoms with Gasteiger partial charge in [-0.05, 0) is 19.9 Å². The highest BCUT2D eigenvalue weighted by Crippen LogP contribution is 2.16. The van der Waals surface area contributed by atoms with Gasteiger partial charge in [-0.25, -0.2) is 4.39 Å². The molecular formula is C14H22FN3O2.